The minimum Gasteiger partial charge on any atom is -0.482 e. The number of carboxylic acid groups (broad SMARTS) is 1. The van der Waals surface area contributed by atoms with Gasteiger partial charge in [-0.2, -0.15) is 5.10 Å². The molecule has 0 radical (unpaired) electrons. The lowest BCUT2D eigenvalue weighted by Gasteiger charge is -2.06. The highest BCUT2D eigenvalue weighted by Crippen LogP contribution is 2.12. The average Bonchev–Trinajstić information content (AvgIpc) is 2.42. The molecule has 3 N–H and O–H groups in total. The summed E-state index contributed by atoms with van der Waals surface area (Å²) in [6.07, 6.45) is 0. The Morgan fingerprint density at radius 2 is 2.05 bits per heavy atom. The molecule has 0 saturated heterocycles. The van der Waals surface area contributed by atoms with Gasteiger partial charge in [-0.1, -0.05) is 0 Å². The molecule has 1 aromatic carbocycles. The van der Waals surface area contributed by atoms with Crippen molar-refractivity contribution in [2.75, 3.05) is 13.7 Å². The standard InChI is InChI=1S/C12H15N3O3S/c1-8(14-15-12(19)13-2)9-3-5-10(6-4-9)18-7-11(16)17/h3-6H,7H2,1-2H3,(H,16,17)(H2,13,15,19)/b14-8-. The molecule has 1 rings (SSSR count). The van der Waals surface area contributed by atoms with Crippen LogP contribution in [0.1, 0.15) is 12.5 Å². The lowest BCUT2D eigenvalue weighted by Crippen LogP contribution is -2.29. The van der Waals surface area contributed by atoms with Crippen LogP contribution in [0, 0.1) is 0 Å². The van der Waals surface area contributed by atoms with Crippen LogP contribution in [0.15, 0.2) is 29.4 Å². The molecule has 0 unspecified atom stereocenters. The molecular weight excluding hydrogens is 266 g/mol. The zero-order valence-electron chi connectivity index (χ0n) is 10.6. The second-order valence-electron chi connectivity index (χ2n) is 3.59. The van der Waals surface area contributed by atoms with Crippen molar-refractivity contribution in [3.05, 3.63) is 29.8 Å². The smallest absolute Gasteiger partial charge is 0.341 e. The average molecular weight is 281 g/mol. The molecule has 7 heteroatoms. The first kappa shape index (κ1) is 14.9. The molecule has 1 aromatic rings. The monoisotopic (exact) mass is 281 g/mol. The van der Waals surface area contributed by atoms with Crippen LogP contribution < -0.4 is 15.5 Å². The van der Waals surface area contributed by atoms with Crippen LogP contribution in [0.3, 0.4) is 0 Å². The van der Waals surface area contributed by atoms with Crippen molar-refractivity contribution >= 4 is 29.0 Å². The number of benzene rings is 1. The number of rotatable bonds is 5. The Kier molecular flexibility index (Phi) is 5.74. The summed E-state index contributed by atoms with van der Waals surface area (Å²) in [5.41, 5.74) is 4.32. The van der Waals surface area contributed by atoms with Crippen molar-refractivity contribution in [3.63, 3.8) is 0 Å². The van der Waals surface area contributed by atoms with Crippen LogP contribution >= 0.6 is 12.2 Å². The molecule has 0 heterocycles. The number of hydrazone groups is 1. The maximum absolute atomic E-state index is 10.4. The molecule has 0 bridgehead atoms. The number of hydrogen-bond acceptors (Lipinski definition) is 4. The van der Waals surface area contributed by atoms with E-state index in [9.17, 15) is 4.79 Å². The summed E-state index contributed by atoms with van der Waals surface area (Å²) in [4.78, 5) is 10.4. The molecule has 102 valence electrons. The van der Waals surface area contributed by atoms with Crippen molar-refractivity contribution in [2.45, 2.75) is 6.92 Å². The number of ether oxygens (including phenoxy) is 1. The summed E-state index contributed by atoms with van der Waals surface area (Å²) in [5, 5.41) is 15.8. The van der Waals surface area contributed by atoms with Crippen molar-refractivity contribution in [3.8, 4) is 5.75 Å². The predicted molar refractivity (Wildman–Crippen MR) is 76.6 cm³/mol. The Bertz CT molecular complexity index is 485. The van der Waals surface area contributed by atoms with E-state index in [2.05, 4.69) is 15.8 Å². The normalized spacial score (nSPS) is 10.7. The fourth-order valence-electron chi connectivity index (χ4n) is 1.19. The van der Waals surface area contributed by atoms with E-state index < -0.39 is 5.97 Å². The largest absolute Gasteiger partial charge is 0.482 e. The number of nitrogens with zero attached hydrogens (tertiary/aromatic N) is 1. The fourth-order valence-corrected chi connectivity index (χ4v) is 1.24. The van der Waals surface area contributed by atoms with Gasteiger partial charge in [0, 0.05) is 7.05 Å². The lowest BCUT2D eigenvalue weighted by atomic mass is 10.1. The van der Waals surface area contributed by atoms with Gasteiger partial charge < -0.3 is 15.2 Å². The first-order chi connectivity index (χ1) is 9.02. The highest BCUT2D eigenvalue weighted by molar-refractivity contribution is 7.80. The van der Waals surface area contributed by atoms with E-state index in [4.69, 9.17) is 22.1 Å². The van der Waals surface area contributed by atoms with Gasteiger partial charge in [-0.05, 0) is 49.0 Å². The van der Waals surface area contributed by atoms with Crippen LogP contribution in [0.5, 0.6) is 5.75 Å². The Balaban J connectivity index is 2.64. The molecule has 0 fully saturated rings. The first-order valence-corrected chi connectivity index (χ1v) is 5.91. The Morgan fingerprint density at radius 3 is 2.58 bits per heavy atom. The molecule has 0 atom stereocenters. The minimum absolute atomic E-state index is 0.357. The maximum atomic E-state index is 10.4. The second kappa shape index (κ2) is 7.32. The van der Waals surface area contributed by atoms with E-state index in [1.165, 1.54) is 0 Å². The van der Waals surface area contributed by atoms with Crippen molar-refractivity contribution in [2.24, 2.45) is 5.10 Å². The van der Waals surface area contributed by atoms with Crippen molar-refractivity contribution in [1.82, 2.24) is 10.7 Å². The number of carboxylic acids is 1. The molecule has 0 amide bonds. The SMILES string of the molecule is CNC(=S)N/N=C(/C)c1ccc(OCC(=O)O)cc1. The molecule has 0 aliphatic heterocycles. The molecule has 0 spiro atoms. The van der Waals surface area contributed by atoms with Gasteiger partial charge in [-0.15, -0.1) is 0 Å². The van der Waals surface area contributed by atoms with Gasteiger partial charge in [0.1, 0.15) is 5.75 Å². The zero-order chi connectivity index (χ0) is 14.3. The molecular formula is C12H15N3O3S. The topological polar surface area (TPSA) is 83.0 Å². The zero-order valence-corrected chi connectivity index (χ0v) is 11.5. The van der Waals surface area contributed by atoms with Gasteiger partial charge >= 0.3 is 5.97 Å². The number of thiocarbonyl (C=S) groups is 1. The maximum Gasteiger partial charge on any atom is 0.341 e. The van der Waals surface area contributed by atoms with Gasteiger partial charge in [0.25, 0.3) is 0 Å². The van der Waals surface area contributed by atoms with E-state index in [0.29, 0.717) is 10.9 Å². The minimum atomic E-state index is -1.01. The molecule has 6 nitrogen and oxygen atoms in total. The fraction of sp³-hybridized carbons (Fsp3) is 0.250. The van der Waals surface area contributed by atoms with E-state index in [1.807, 2.05) is 6.92 Å². The number of carbonyl (C=O) groups is 1. The van der Waals surface area contributed by atoms with Gasteiger partial charge in [-0.3, -0.25) is 5.43 Å². The summed E-state index contributed by atoms with van der Waals surface area (Å²) in [6, 6.07) is 6.96. The summed E-state index contributed by atoms with van der Waals surface area (Å²) in [5.74, 6) is -0.510. The molecule has 0 saturated carbocycles. The number of aliphatic carboxylic acids is 1. The van der Waals surface area contributed by atoms with E-state index in [1.54, 1.807) is 31.3 Å². The summed E-state index contributed by atoms with van der Waals surface area (Å²) in [6.45, 7) is 1.47. The second-order valence-corrected chi connectivity index (χ2v) is 4.00. The number of nitrogens with one attached hydrogen (secondary N) is 2. The Morgan fingerprint density at radius 1 is 1.42 bits per heavy atom. The van der Waals surface area contributed by atoms with Crippen LogP contribution in [-0.2, 0) is 4.79 Å². The Labute approximate surface area is 116 Å². The third kappa shape index (κ3) is 5.35. The van der Waals surface area contributed by atoms with Crippen molar-refractivity contribution < 1.29 is 14.6 Å². The van der Waals surface area contributed by atoms with Gasteiger partial charge in [0.2, 0.25) is 0 Å². The number of hydrogen-bond donors (Lipinski definition) is 3. The quantitative estimate of drug-likeness (QED) is 0.424. The van der Waals surface area contributed by atoms with Crippen LogP contribution in [-0.4, -0.2) is 35.6 Å². The predicted octanol–water partition coefficient (Wildman–Crippen LogP) is 0.968. The summed E-state index contributed by atoms with van der Waals surface area (Å²) in [7, 11) is 1.70. The lowest BCUT2D eigenvalue weighted by molar-refractivity contribution is -0.139. The van der Waals surface area contributed by atoms with E-state index >= 15 is 0 Å². The molecule has 19 heavy (non-hydrogen) atoms. The Hall–Kier alpha value is -2.15. The summed E-state index contributed by atoms with van der Waals surface area (Å²) < 4.78 is 5.03. The van der Waals surface area contributed by atoms with E-state index in [-0.39, 0.29) is 6.61 Å². The van der Waals surface area contributed by atoms with Crippen molar-refractivity contribution in [1.29, 1.82) is 0 Å². The van der Waals surface area contributed by atoms with Crippen LogP contribution in [0.25, 0.3) is 0 Å². The highest BCUT2D eigenvalue weighted by atomic mass is 32.1. The van der Waals surface area contributed by atoms with Crippen LogP contribution in [0.2, 0.25) is 0 Å². The molecule has 0 aromatic heterocycles. The summed E-state index contributed by atoms with van der Waals surface area (Å²) >= 11 is 4.90. The molecule has 0 aliphatic carbocycles. The third-order valence-electron chi connectivity index (χ3n) is 2.19. The van der Waals surface area contributed by atoms with Gasteiger partial charge in [0.15, 0.2) is 11.7 Å². The third-order valence-corrected chi connectivity index (χ3v) is 2.48. The van der Waals surface area contributed by atoms with Gasteiger partial charge in [-0.25, -0.2) is 4.79 Å². The first-order valence-electron chi connectivity index (χ1n) is 5.50. The van der Waals surface area contributed by atoms with E-state index in [0.717, 1.165) is 11.3 Å². The highest BCUT2D eigenvalue weighted by Gasteiger charge is 2.01. The van der Waals surface area contributed by atoms with Crippen LogP contribution in [0.4, 0.5) is 0 Å². The van der Waals surface area contributed by atoms with Gasteiger partial charge in [0.05, 0.1) is 5.71 Å². The molecule has 0 aliphatic rings.